The monoisotopic (exact) mass is 308 g/mol. The fourth-order valence-electron chi connectivity index (χ4n) is 2.30. The van der Waals surface area contributed by atoms with Gasteiger partial charge in [0.15, 0.2) is 6.10 Å². The third-order valence-electron chi connectivity index (χ3n) is 3.43. The Morgan fingerprint density at radius 2 is 2.24 bits per heavy atom. The number of ether oxygens (including phenoxy) is 2. The van der Waals surface area contributed by atoms with Gasteiger partial charge in [0.25, 0.3) is 5.91 Å². The summed E-state index contributed by atoms with van der Waals surface area (Å²) in [7, 11) is 1.61. The first-order valence-corrected chi connectivity index (χ1v) is 7.33. The lowest BCUT2D eigenvalue weighted by Gasteiger charge is -2.25. The Balaban J connectivity index is 1.99. The highest BCUT2D eigenvalue weighted by atomic mass is 32.1. The summed E-state index contributed by atoms with van der Waals surface area (Å²) in [6.07, 6.45) is 0.640. The number of fused-ring (bicyclic) bond motifs is 1. The van der Waals surface area contributed by atoms with Crippen molar-refractivity contribution in [3.63, 3.8) is 0 Å². The topological polar surface area (TPSA) is 64.8 Å². The molecule has 1 aliphatic rings. The number of nitrogens with two attached hydrogens (primary N) is 1. The fraction of sp³-hybridized carbons (Fsp3) is 0.467. The van der Waals surface area contributed by atoms with Gasteiger partial charge in [-0.15, -0.1) is 0 Å². The fourth-order valence-corrected chi connectivity index (χ4v) is 2.39. The molecule has 0 aromatic heterocycles. The molecule has 6 heteroatoms. The largest absolute Gasteiger partial charge is 0.480 e. The molecule has 2 N–H and O–H groups in total. The summed E-state index contributed by atoms with van der Waals surface area (Å²) >= 11 is 4.88. The first-order chi connectivity index (χ1) is 10.1. The normalized spacial score (nSPS) is 16.1. The molecule has 1 amide bonds. The van der Waals surface area contributed by atoms with Crippen molar-refractivity contribution in [1.82, 2.24) is 4.90 Å². The minimum atomic E-state index is -0.467. The molecule has 0 fully saturated rings. The van der Waals surface area contributed by atoms with Crippen molar-refractivity contribution in [3.05, 3.63) is 29.8 Å². The third-order valence-corrected chi connectivity index (χ3v) is 3.63. The molecule has 0 spiro atoms. The lowest BCUT2D eigenvalue weighted by atomic mass is 10.1. The SMILES string of the molecule is COCCN(CCC(N)=S)C(=O)C1Cc2ccccc2O1. The van der Waals surface area contributed by atoms with Crippen LogP contribution in [0, 0.1) is 0 Å². The van der Waals surface area contributed by atoms with E-state index in [2.05, 4.69) is 0 Å². The molecule has 1 atom stereocenters. The predicted octanol–water partition coefficient (Wildman–Crippen LogP) is 1.14. The van der Waals surface area contributed by atoms with Gasteiger partial charge in [-0.05, 0) is 11.6 Å². The molecule has 21 heavy (non-hydrogen) atoms. The van der Waals surface area contributed by atoms with Gasteiger partial charge < -0.3 is 20.1 Å². The van der Waals surface area contributed by atoms with Crippen LogP contribution in [-0.4, -0.2) is 48.7 Å². The lowest BCUT2D eigenvalue weighted by molar-refractivity contribution is -0.138. The first kappa shape index (κ1) is 15.7. The average Bonchev–Trinajstić information content (AvgIpc) is 2.90. The van der Waals surface area contributed by atoms with E-state index in [0.29, 0.717) is 37.5 Å². The number of amides is 1. The number of carbonyl (C=O) groups is 1. The second kappa shape index (κ2) is 7.38. The van der Waals surface area contributed by atoms with Crippen LogP contribution in [-0.2, 0) is 16.0 Å². The molecule has 0 saturated carbocycles. The van der Waals surface area contributed by atoms with Gasteiger partial charge in [0, 0.05) is 33.0 Å². The average molecular weight is 308 g/mol. The van der Waals surface area contributed by atoms with Crippen molar-refractivity contribution in [2.75, 3.05) is 26.8 Å². The zero-order valence-corrected chi connectivity index (χ0v) is 12.9. The number of thiocarbonyl (C=S) groups is 1. The van der Waals surface area contributed by atoms with Crippen LogP contribution in [0.2, 0.25) is 0 Å². The van der Waals surface area contributed by atoms with E-state index in [4.69, 9.17) is 27.4 Å². The molecule has 5 nitrogen and oxygen atoms in total. The van der Waals surface area contributed by atoms with Gasteiger partial charge in [0.1, 0.15) is 5.75 Å². The van der Waals surface area contributed by atoms with Gasteiger partial charge in [-0.25, -0.2) is 0 Å². The van der Waals surface area contributed by atoms with E-state index in [-0.39, 0.29) is 5.91 Å². The molecule has 0 aliphatic carbocycles. The maximum Gasteiger partial charge on any atom is 0.264 e. The molecule has 1 unspecified atom stereocenters. The van der Waals surface area contributed by atoms with Crippen molar-refractivity contribution >= 4 is 23.1 Å². The van der Waals surface area contributed by atoms with Crippen molar-refractivity contribution in [2.24, 2.45) is 5.73 Å². The summed E-state index contributed by atoms with van der Waals surface area (Å²) in [4.78, 5) is 14.7. The van der Waals surface area contributed by atoms with E-state index in [1.54, 1.807) is 12.0 Å². The van der Waals surface area contributed by atoms with Gasteiger partial charge in [-0.2, -0.15) is 0 Å². The van der Waals surface area contributed by atoms with Crippen LogP contribution in [0.25, 0.3) is 0 Å². The summed E-state index contributed by atoms with van der Waals surface area (Å²) in [5, 5.41) is 0. The highest BCUT2D eigenvalue weighted by Crippen LogP contribution is 2.28. The van der Waals surface area contributed by atoms with Crippen molar-refractivity contribution in [2.45, 2.75) is 18.9 Å². The maximum atomic E-state index is 12.6. The number of carbonyl (C=O) groups excluding carboxylic acids is 1. The van der Waals surface area contributed by atoms with Crippen LogP contribution in [0.3, 0.4) is 0 Å². The smallest absolute Gasteiger partial charge is 0.264 e. The minimum Gasteiger partial charge on any atom is -0.480 e. The zero-order chi connectivity index (χ0) is 15.2. The molecule has 2 rings (SSSR count). The number of methoxy groups -OCH3 is 1. The Morgan fingerprint density at radius 3 is 2.90 bits per heavy atom. The number of rotatable bonds is 7. The van der Waals surface area contributed by atoms with Crippen LogP contribution in [0.4, 0.5) is 0 Å². The Morgan fingerprint density at radius 1 is 1.48 bits per heavy atom. The molecular weight excluding hydrogens is 288 g/mol. The number of para-hydroxylation sites is 1. The second-order valence-electron chi connectivity index (χ2n) is 4.95. The summed E-state index contributed by atoms with van der Waals surface area (Å²) in [5.41, 5.74) is 6.59. The first-order valence-electron chi connectivity index (χ1n) is 6.92. The van der Waals surface area contributed by atoms with Gasteiger partial charge in [-0.3, -0.25) is 4.79 Å². The summed E-state index contributed by atoms with van der Waals surface area (Å²) in [6, 6.07) is 7.72. The van der Waals surface area contributed by atoms with E-state index in [1.165, 1.54) is 0 Å². The quantitative estimate of drug-likeness (QED) is 0.765. The summed E-state index contributed by atoms with van der Waals surface area (Å²) in [5.74, 6) is 0.747. The molecular formula is C15H20N2O3S. The number of hydrogen-bond donors (Lipinski definition) is 1. The number of hydrogen-bond acceptors (Lipinski definition) is 4. The predicted molar refractivity (Wildman–Crippen MR) is 84.4 cm³/mol. The van der Waals surface area contributed by atoms with Gasteiger partial charge in [0.2, 0.25) is 0 Å². The summed E-state index contributed by atoms with van der Waals surface area (Å²) in [6.45, 7) is 1.48. The maximum absolute atomic E-state index is 12.6. The molecule has 1 aromatic carbocycles. The highest BCUT2D eigenvalue weighted by molar-refractivity contribution is 7.80. The van der Waals surface area contributed by atoms with Crippen LogP contribution in [0.1, 0.15) is 12.0 Å². The Hall–Kier alpha value is -1.66. The van der Waals surface area contributed by atoms with Crippen LogP contribution < -0.4 is 10.5 Å². The standard InChI is InChI=1S/C15H20N2O3S/c1-19-9-8-17(7-6-14(16)21)15(18)13-10-11-4-2-3-5-12(11)20-13/h2-5,13H,6-10H2,1H3,(H2,16,21). The Labute approximate surface area is 130 Å². The van der Waals surface area contributed by atoms with Crippen molar-refractivity contribution in [3.8, 4) is 5.75 Å². The second-order valence-corrected chi connectivity index (χ2v) is 5.48. The molecule has 1 heterocycles. The van der Waals surface area contributed by atoms with E-state index < -0.39 is 6.10 Å². The zero-order valence-electron chi connectivity index (χ0n) is 12.1. The molecule has 0 radical (unpaired) electrons. The molecule has 1 aromatic rings. The molecule has 114 valence electrons. The van der Waals surface area contributed by atoms with Crippen molar-refractivity contribution in [1.29, 1.82) is 0 Å². The van der Waals surface area contributed by atoms with E-state index in [1.807, 2.05) is 24.3 Å². The van der Waals surface area contributed by atoms with Crippen molar-refractivity contribution < 1.29 is 14.3 Å². The van der Waals surface area contributed by atoms with Crippen LogP contribution in [0.15, 0.2) is 24.3 Å². The molecule has 1 aliphatic heterocycles. The van der Waals surface area contributed by atoms with Gasteiger partial charge >= 0.3 is 0 Å². The highest BCUT2D eigenvalue weighted by Gasteiger charge is 2.31. The molecule has 0 bridgehead atoms. The number of nitrogens with zero attached hydrogens (tertiary/aromatic N) is 1. The lowest BCUT2D eigenvalue weighted by Crippen LogP contribution is -2.44. The summed E-state index contributed by atoms with van der Waals surface area (Å²) < 4.78 is 10.8. The van der Waals surface area contributed by atoms with Crippen LogP contribution in [0.5, 0.6) is 5.75 Å². The Kier molecular flexibility index (Phi) is 5.52. The van der Waals surface area contributed by atoms with E-state index in [0.717, 1.165) is 11.3 Å². The van der Waals surface area contributed by atoms with Gasteiger partial charge in [0.05, 0.1) is 11.6 Å². The third kappa shape index (κ3) is 4.15. The number of benzene rings is 1. The van der Waals surface area contributed by atoms with Gasteiger partial charge in [-0.1, -0.05) is 30.4 Å². The minimum absolute atomic E-state index is 0.0421. The Bertz CT molecular complexity index is 496. The van der Waals surface area contributed by atoms with Crippen LogP contribution >= 0.6 is 12.2 Å². The van der Waals surface area contributed by atoms with E-state index >= 15 is 0 Å². The van der Waals surface area contributed by atoms with E-state index in [9.17, 15) is 4.79 Å². The molecule has 0 saturated heterocycles.